The summed E-state index contributed by atoms with van der Waals surface area (Å²) in [4.78, 5) is 28.1. The highest BCUT2D eigenvalue weighted by Crippen LogP contribution is 2.25. The summed E-state index contributed by atoms with van der Waals surface area (Å²) in [5.74, 6) is 0.261. The monoisotopic (exact) mass is 490 g/mol. The van der Waals surface area contributed by atoms with E-state index in [9.17, 15) is 9.59 Å². The van der Waals surface area contributed by atoms with Crippen LogP contribution in [0.15, 0.2) is 36.4 Å². The van der Waals surface area contributed by atoms with Crippen LogP contribution < -0.4 is 10.1 Å². The summed E-state index contributed by atoms with van der Waals surface area (Å²) in [5.41, 5.74) is 2.93. The second-order valence-electron chi connectivity index (χ2n) is 8.80. The van der Waals surface area contributed by atoms with Gasteiger partial charge in [-0.3, -0.25) is 9.59 Å². The van der Waals surface area contributed by atoms with E-state index in [1.807, 2.05) is 45.0 Å². The molecule has 1 aliphatic carbocycles. The summed E-state index contributed by atoms with van der Waals surface area (Å²) in [5, 5.41) is 4.00. The van der Waals surface area contributed by atoms with E-state index in [0.717, 1.165) is 42.4 Å². The first-order chi connectivity index (χ1) is 15.8. The standard InChI is InChI=1S/C26H32Cl2N2O3/c1-4-24(26(32)29-20-7-5-6-8-20)30(15-19-9-10-22(27)23(28)14-19)25(31)16-33-21-12-17(2)11-18(3)13-21/h9-14,20,24H,4-8,15-16H2,1-3H3,(H,29,32)/t24-/m0/s1. The third-order valence-electron chi connectivity index (χ3n) is 5.98. The van der Waals surface area contributed by atoms with Gasteiger partial charge < -0.3 is 15.0 Å². The van der Waals surface area contributed by atoms with Crippen LogP contribution in [0.1, 0.15) is 55.7 Å². The summed E-state index contributed by atoms with van der Waals surface area (Å²) >= 11 is 12.3. The molecular formula is C26H32Cl2N2O3. The zero-order chi connectivity index (χ0) is 24.0. The molecule has 0 aliphatic heterocycles. The van der Waals surface area contributed by atoms with Gasteiger partial charge in [0.1, 0.15) is 11.8 Å². The van der Waals surface area contributed by atoms with E-state index in [4.69, 9.17) is 27.9 Å². The lowest BCUT2D eigenvalue weighted by atomic mass is 10.1. The maximum atomic E-state index is 13.3. The second-order valence-corrected chi connectivity index (χ2v) is 9.61. The highest BCUT2D eigenvalue weighted by Gasteiger charge is 2.31. The molecule has 1 fully saturated rings. The number of halogens is 2. The normalized spacial score (nSPS) is 14.7. The van der Waals surface area contributed by atoms with Crippen molar-refractivity contribution in [2.24, 2.45) is 0 Å². The first-order valence-electron chi connectivity index (χ1n) is 11.5. The number of hydrogen-bond acceptors (Lipinski definition) is 3. The minimum Gasteiger partial charge on any atom is -0.484 e. The van der Waals surface area contributed by atoms with Gasteiger partial charge in [0.25, 0.3) is 5.91 Å². The second kappa shape index (κ2) is 11.8. The van der Waals surface area contributed by atoms with Crippen LogP contribution in [0, 0.1) is 13.8 Å². The van der Waals surface area contributed by atoms with Crippen LogP contribution in [0.3, 0.4) is 0 Å². The molecule has 0 saturated heterocycles. The topological polar surface area (TPSA) is 58.6 Å². The fourth-order valence-electron chi connectivity index (χ4n) is 4.37. The van der Waals surface area contributed by atoms with Crippen molar-refractivity contribution < 1.29 is 14.3 Å². The highest BCUT2D eigenvalue weighted by molar-refractivity contribution is 6.42. The van der Waals surface area contributed by atoms with Gasteiger partial charge in [0.15, 0.2) is 6.61 Å². The predicted octanol–water partition coefficient (Wildman–Crippen LogP) is 5.86. The number of aryl methyl sites for hydroxylation is 2. The summed E-state index contributed by atoms with van der Waals surface area (Å²) in [6.45, 7) is 5.97. The Labute approximate surface area is 206 Å². The molecule has 0 heterocycles. The molecular weight excluding hydrogens is 459 g/mol. The van der Waals surface area contributed by atoms with E-state index in [1.165, 1.54) is 0 Å². The highest BCUT2D eigenvalue weighted by atomic mass is 35.5. The minimum atomic E-state index is -0.601. The van der Waals surface area contributed by atoms with Crippen molar-refractivity contribution in [3.05, 3.63) is 63.1 Å². The van der Waals surface area contributed by atoms with Crippen molar-refractivity contribution in [2.75, 3.05) is 6.61 Å². The maximum absolute atomic E-state index is 13.3. The quantitative estimate of drug-likeness (QED) is 0.479. The summed E-state index contributed by atoms with van der Waals surface area (Å²) in [7, 11) is 0. The largest absolute Gasteiger partial charge is 0.484 e. The lowest BCUT2D eigenvalue weighted by molar-refractivity contribution is -0.143. The molecule has 0 unspecified atom stereocenters. The van der Waals surface area contributed by atoms with Crippen LogP contribution in [0.5, 0.6) is 5.75 Å². The van der Waals surface area contributed by atoms with Crippen molar-refractivity contribution >= 4 is 35.0 Å². The molecule has 2 aromatic carbocycles. The van der Waals surface area contributed by atoms with E-state index in [2.05, 4.69) is 5.32 Å². The molecule has 5 nitrogen and oxygen atoms in total. The molecule has 0 spiro atoms. The summed E-state index contributed by atoms with van der Waals surface area (Å²) in [6.07, 6.45) is 4.71. The van der Waals surface area contributed by atoms with Crippen LogP contribution in [0.25, 0.3) is 0 Å². The lowest BCUT2D eigenvalue weighted by Gasteiger charge is -2.31. The van der Waals surface area contributed by atoms with Crippen LogP contribution >= 0.6 is 23.2 Å². The van der Waals surface area contributed by atoms with Crippen molar-refractivity contribution in [3.63, 3.8) is 0 Å². The number of hydrogen-bond donors (Lipinski definition) is 1. The molecule has 1 aliphatic rings. The minimum absolute atomic E-state index is 0.121. The number of benzene rings is 2. The van der Waals surface area contributed by atoms with E-state index in [1.54, 1.807) is 17.0 Å². The molecule has 7 heteroatoms. The van der Waals surface area contributed by atoms with E-state index in [0.29, 0.717) is 22.2 Å². The van der Waals surface area contributed by atoms with E-state index in [-0.39, 0.29) is 31.0 Å². The SMILES string of the molecule is CC[C@@H](C(=O)NC1CCCC1)N(Cc1ccc(Cl)c(Cl)c1)C(=O)COc1cc(C)cc(C)c1. The van der Waals surface area contributed by atoms with E-state index < -0.39 is 6.04 Å². The number of rotatable bonds is 9. The van der Waals surface area contributed by atoms with Gasteiger partial charge in [-0.15, -0.1) is 0 Å². The fraction of sp³-hybridized carbons (Fsp3) is 0.462. The fourth-order valence-corrected chi connectivity index (χ4v) is 4.69. The molecule has 1 N–H and O–H groups in total. The number of nitrogens with one attached hydrogen (secondary N) is 1. The number of amides is 2. The molecule has 1 saturated carbocycles. The molecule has 0 bridgehead atoms. The van der Waals surface area contributed by atoms with Crippen LogP contribution in [0.4, 0.5) is 0 Å². The number of nitrogens with zero attached hydrogens (tertiary/aromatic N) is 1. The first-order valence-corrected chi connectivity index (χ1v) is 12.3. The van der Waals surface area contributed by atoms with Gasteiger partial charge in [0.2, 0.25) is 5.91 Å². The predicted molar refractivity (Wildman–Crippen MR) is 133 cm³/mol. The summed E-state index contributed by atoms with van der Waals surface area (Å²) < 4.78 is 5.83. The van der Waals surface area contributed by atoms with Gasteiger partial charge in [-0.05, 0) is 74.1 Å². The third-order valence-corrected chi connectivity index (χ3v) is 6.72. The van der Waals surface area contributed by atoms with Crippen molar-refractivity contribution in [2.45, 2.75) is 71.5 Å². The Hall–Kier alpha value is -2.24. The van der Waals surface area contributed by atoms with Crippen molar-refractivity contribution in [3.8, 4) is 5.75 Å². The maximum Gasteiger partial charge on any atom is 0.261 e. The Kier molecular flexibility index (Phi) is 9.04. The molecule has 33 heavy (non-hydrogen) atoms. The number of carbonyl (C=O) groups is 2. The molecule has 178 valence electrons. The van der Waals surface area contributed by atoms with E-state index >= 15 is 0 Å². The smallest absolute Gasteiger partial charge is 0.261 e. The Balaban J connectivity index is 1.79. The van der Waals surface area contributed by atoms with Gasteiger partial charge in [-0.2, -0.15) is 0 Å². The van der Waals surface area contributed by atoms with Gasteiger partial charge in [0.05, 0.1) is 10.0 Å². The molecule has 3 rings (SSSR count). The first kappa shape index (κ1) is 25.4. The van der Waals surface area contributed by atoms with Crippen LogP contribution in [-0.4, -0.2) is 35.4 Å². The van der Waals surface area contributed by atoms with Crippen LogP contribution in [0.2, 0.25) is 10.0 Å². The molecule has 0 radical (unpaired) electrons. The Bertz CT molecular complexity index is 969. The van der Waals surface area contributed by atoms with Gasteiger partial charge >= 0.3 is 0 Å². The van der Waals surface area contributed by atoms with Crippen molar-refractivity contribution in [1.29, 1.82) is 0 Å². The Morgan fingerprint density at radius 1 is 1.06 bits per heavy atom. The summed E-state index contributed by atoms with van der Waals surface area (Å²) in [6, 6.07) is 10.7. The third kappa shape index (κ3) is 7.12. The molecule has 2 aromatic rings. The molecule has 1 atom stereocenters. The number of carbonyl (C=O) groups excluding carboxylic acids is 2. The van der Waals surface area contributed by atoms with Gasteiger partial charge in [-0.1, -0.05) is 55.1 Å². The Morgan fingerprint density at radius 3 is 2.33 bits per heavy atom. The number of ether oxygens (including phenoxy) is 1. The lowest BCUT2D eigenvalue weighted by Crippen LogP contribution is -2.52. The molecule has 0 aromatic heterocycles. The van der Waals surface area contributed by atoms with Gasteiger partial charge in [-0.25, -0.2) is 0 Å². The average molecular weight is 491 g/mol. The van der Waals surface area contributed by atoms with Gasteiger partial charge in [0, 0.05) is 12.6 Å². The average Bonchev–Trinajstić information content (AvgIpc) is 3.26. The molecule has 2 amide bonds. The zero-order valence-electron chi connectivity index (χ0n) is 19.5. The zero-order valence-corrected chi connectivity index (χ0v) is 21.0. The van der Waals surface area contributed by atoms with Crippen molar-refractivity contribution in [1.82, 2.24) is 10.2 Å². The Morgan fingerprint density at radius 2 is 1.73 bits per heavy atom. The van der Waals surface area contributed by atoms with Crippen LogP contribution in [-0.2, 0) is 16.1 Å².